The molecule has 0 aromatic heterocycles. The fourth-order valence-electron chi connectivity index (χ4n) is 0.841. The average Bonchev–Trinajstić information content (AvgIpc) is 2.20. The maximum absolute atomic E-state index is 10.8. The first kappa shape index (κ1) is 16.1. The van der Waals surface area contributed by atoms with Crippen LogP contribution in [0.3, 0.4) is 0 Å². The smallest absolute Gasteiger partial charge is 0.309 e. The van der Waals surface area contributed by atoms with Gasteiger partial charge in [0.1, 0.15) is 0 Å². The van der Waals surface area contributed by atoms with Crippen LogP contribution in [0.1, 0.15) is 5.56 Å². The molecule has 0 bridgehead atoms. The van der Waals surface area contributed by atoms with E-state index >= 15 is 0 Å². The molecule has 0 radical (unpaired) electrons. The number of methoxy groups -OCH3 is 1. The van der Waals surface area contributed by atoms with Crippen molar-refractivity contribution in [3.63, 3.8) is 0 Å². The van der Waals surface area contributed by atoms with Crippen LogP contribution < -0.4 is 0 Å². The molecule has 0 atom stereocenters. The van der Waals surface area contributed by atoms with Gasteiger partial charge >= 0.3 is 5.97 Å². The van der Waals surface area contributed by atoms with Crippen molar-refractivity contribution in [2.75, 3.05) is 7.11 Å². The molecule has 16 heavy (non-hydrogen) atoms. The molecule has 90 valence electrons. The lowest BCUT2D eigenvalue weighted by atomic mass is 10.2. The molecule has 3 nitrogen and oxygen atoms in total. The molecule has 7 heteroatoms. The van der Waals surface area contributed by atoms with Crippen LogP contribution >= 0.6 is 37.3 Å². The van der Waals surface area contributed by atoms with Crippen molar-refractivity contribution in [3.05, 3.63) is 34.3 Å². The number of halogens is 3. The van der Waals surface area contributed by atoms with Crippen LogP contribution in [-0.4, -0.2) is 17.6 Å². The molecule has 1 aromatic rings. The Kier molecular flexibility index (Phi) is 9.16. The van der Waals surface area contributed by atoms with Crippen molar-refractivity contribution >= 4 is 52.9 Å². The highest BCUT2D eigenvalue weighted by Gasteiger charge is 2.01. The number of hydrogen-bond donors (Lipinski definition) is 0. The first-order valence-electron chi connectivity index (χ1n) is 4.01. The van der Waals surface area contributed by atoms with Gasteiger partial charge < -0.3 is 9.29 Å². The summed E-state index contributed by atoms with van der Waals surface area (Å²) >= 11 is 3.31. The van der Waals surface area contributed by atoms with Crippen molar-refractivity contribution in [3.8, 4) is 0 Å². The monoisotopic (exact) mass is 346 g/mol. The lowest BCUT2D eigenvalue weighted by Crippen LogP contribution is -2.03. The predicted molar refractivity (Wildman–Crippen MR) is 69.7 cm³/mol. The first-order valence-corrected chi connectivity index (χ1v) is 7.60. The second-order valence-corrected chi connectivity index (χ2v) is 6.00. The predicted octanol–water partition coefficient (Wildman–Crippen LogP) is 3.21. The molecule has 0 aliphatic heterocycles. The molecular weight excluding hydrogens is 339 g/mol. The van der Waals surface area contributed by atoms with Crippen LogP contribution in [-0.2, 0) is 25.6 Å². The third-order valence-electron chi connectivity index (χ3n) is 1.49. The molecule has 0 fully saturated rings. The number of ether oxygens (including phenoxy) is 1. The van der Waals surface area contributed by atoms with Crippen LogP contribution in [0, 0.1) is 0 Å². The summed E-state index contributed by atoms with van der Waals surface area (Å²) < 4.78 is 14.6. The molecule has 1 aromatic carbocycles. The third-order valence-corrected chi connectivity index (χ3v) is 2.02. The molecular formula is C9H9BrCl2O3S. The summed E-state index contributed by atoms with van der Waals surface area (Å²) in [6.07, 6.45) is 0.337. The van der Waals surface area contributed by atoms with Gasteiger partial charge in [0.15, 0.2) is 31.0 Å². The summed E-state index contributed by atoms with van der Waals surface area (Å²) in [6.45, 7) is 0. The number of rotatable bonds is 2. The number of carbonyl (C=O) groups excluding carboxylic acids is 1. The molecule has 0 spiro atoms. The van der Waals surface area contributed by atoms with E-state index in [1.165, 1.54) is 7.11 Å². The van der Waals surface area contributed by atoms with E-state index in [9.17, 15) is 4.79 Å². The van der Waals surface area contributed by atoms with Crippen LogP contribution in [0.2, 0.25) is 0 Å². The van der Waals surface area contributed by atoms with Gasteiger partial charge in [0.25, 0.3) is 0 Å². The van der Waals surface area contributed by atoms with Gasteiger partial charge in [-0.15, -0.1) is 0 Å². The minimum absolute atomic E-state index is 0.211. The van der Waals surface area contributed by atoms with Gasteiger partial charge in [-0.05, 0) is 17.7 Å². The number of benzene rings is 1. The first-order chi connectivity index (χ1) is 7.45. The van der Waals surface area contributed by atoms with Crippen molar-refractivity contribution < 1.29 is 14.1 Å². The van der Waals surface area contributed by atoms with Crippen molar-refractivity contribution in [2.45, 2.75) is 6.42 Å². The van der Waals surface area contributed by atoms with Crippen molar-refractivity contribution in [1.29, 1.82) is 0 Å². The van der Waals surface area contributed by atoms with E-state index in [1.807, 2.05) is 24.3 Å². The van der Waals surface area contributed by atoms with Crippen LogP contribution in [0.4, 0.5) is 0 Å². The quantitative estimate of drug-likeness (QED) is 0.609. The molecule has 0 aliphatic rings. The molecule has 0 amide bonds. The van der Waals surface area contributed by atoms with Gasteiger partial charge in [0.05, 0.1) is 13.5 Å². The molecule has 0 saturated heterocycles. The van der Waals surface area contributed by atoms with E-state index in [4.69, 9.17) is 4.55 Å². The molecule has 0 saturated carbocycles. The molecule has 0 N–H and O–H groups in total. The van der Waals surface area contributed by atoms with E-state index in [2.05, 4.69) is 42.0 Å². The zero-order chi connectivity index (χ0) is 12.6. The largest absolute Gasteiger partial charge is 0.582 e. The Morgan fingerprint density at radius 1 is 1.44 bits per heavy atom. The lowest BCUT2D eigenvalue weighted by molar-refractivity contribution is -0.139. The average molecular weight is 348 g/mol. The highest BCUT2D eigenvalue weighted by atomic mass is 79.9. The molecule has 0 aliphatic carbocycles. The van der Waals surface area contributed by atoms with E-state index in [1.54, 1.807) is 0 Å². The summed E-state index contributed by atoms with van der Waals surface area (Å²) in [5.74, 6) is -0.211. The minimum atomic E-state index is -1.67. The lowest BCUT2D eigenvalue weighted by Gasteiger charge is -1.98. The van der Waals surface area contributed by atoms with E-state index in [0.29, 0.717) is 6.42 Å². The fraction of sp³-hybridized carbons (Fsp3) is 0.222. The Bertz CT molecular complexity index is 316. The Morgan fingerprint density at radius 2 is 1.88 bits per heavy atom. The summed E-state index contributed by atoms with van der Waals surface area (Å²) in [4.78, 5) is 10.8. The topological polar surface area (TPSA) is 49.4 Å². The highest BCUT2D eigenvalue weighted by molar-refractivity contribution is 9.10. The Hall–Kier alpha value is 0.0600. The van der Waals surface area contributed by atoms with Gasteiger partial charge in [0.2, 0.25) is 0 Å². The van der Waals surface area contributed by atoms with Gasteiger partial charge in [0, 0.05) is 4.47 Å². The van der Waals surface area contributed by atoms with Gasteiger partial charge in [-0.2, -0.15) is 0 Å². The third kappa shape index (κ3) is 9.30. The number of hydrogen-bond acceptors (Lipinski definition) is 3. The summed E-state index contributed by atoms with van der Waals surface area (Å²) in [6, 6.07) is 7.58. The zero-order valence-electron chi connectivity index (χ0n) is 8.28. The molecule has 0 unspecified atom stereocenters. The van der Waals surface area contributed by atoms with Crippen molar-refractivity contribution in [2.24, 2.45) is 0 Å². The second kappa shape index (κ2) is 9.13. The van der Waals surface area contributed by atoms with Gasteiger partial charge in [-0.25, -0.2) is 0 Å². The van der Waals surface area contributed by atoms with Gasteiger partial charge in [-0.3, -0.25) is 4.79 Å². The Balaban J connectivity index is 0.000000487. The zero-order valence-corrected chi connectivity index (χ0v) is 12.2. The van der Waals surface area contributed by atoms with Crippen LogP contribution in [0.5, 0.6) is 0 Å². The maximum atomic E-state index is 10.8. The Morgan fingerprint density at radius 3 is 2.25 bits per heavy atom. The van der Waals surface area contributed by atoms with E-state index < -0.39 is 9.60 Å². The SMILES string of the molecule is COC(=O)Cc1ccc(Br)cc1.[O-][S+](Cl)Cl. The highest BCUT2D eigenvalue weighted by Crippen LogP contribution is 2.10. The van der Waals surface area contributed by atoms with Crippen LogP contribution in [0.25, 0.3) is 0 Å². The number of esters is 1. The fourth-order valence-corrected chi connectivity index (χ4v) is 1.11. The normalized spacial score (nSPS) is 9.38. The Labute approximate surface area is 114 Å². The molecule has 0 heterocycles. The number of carbonyl (C=O) groups is 1. The summed E-state index contributed by atoms with van der Waals surface area (Å²) in [7, 11) is 8.75. The van der Waals surface area contributed by atoms with E-state index in [-0.39, 0.29) is 5.97 Å². The second-order valence-electron chi connectivity index (χ2n) is 2.56. The molecule has 1 rings (SSSR count). The van der Waals surface area contributed by atoms with E-state index in [0.717, 1.165) is 10.0 Å². The van der Waals surface area contributed by atoms with Crippen LogP contribution in [0.15, 0.2) is 28.7 Å². The van der Waals surface area contributed by atoms with Crippen molar-refractivity contribution in [1.82, 2.24) is 0 Å². The summed E-state index contributed by atoms with van der Waals surface area (Å²) in [5.41, 5.74) is 0.963. The summed E-state index contributed by atoms with van der Waals surface area (Å²) in [5, 5.41) is 0. The van der Waals surface area contributed by atoms with Gasteiger partial charge in [-0.1, -0.05) is 28.1 Å². The standard InChI is InChI=1S/C9H9BrO2.Cl2OS/c1-12-9(11)6-7-2-4-8(10)5-3-7;1-4(2)3/h2-5H,6H2,1H3;. The minimum Gasteiger partial charge on any atom is -0.582 e. The maximum Gasteiger partial charge on any atom is 0.309 e.